The maximum Gasteiger partial charge on any atom is 0.123 e. The molecule has 98 valence electrons. The average Bonchev–Trinajstić information content (AvgIpc) is 2.43. The smallest absolute Gasteiger partial charge is 0.123 e. The molecular formula is C14H19FN2O. The Kier molecular flexibility index (Phi) is 4.87. The number of halogens is 1. The number of aliphatic hydroxyl groups excluding tert-OH is 1. The van der Waals surface area contributed by atoms with Gasteiger partial charge >= 0.3 is 0 Å². The van der Waals surface area contributed by atoms with Crippen molar-refractivity contribution in [3.63, 3.8) is 0 Å². The van der Waals surface area contributed by atoms with Crippen LogP contribution in [0, 0.1) is 5.82 Å². The summed E-state index contributed by atoms with van der Waals surface area (Å²) in [6, 6.07) is 6.39. The molecule has 1 aromatic carbocycles. The van der Waals surface area contributed by atoms with Crippen molar-refractivity contribution in [3.8, 4) is 0 Å². The fourth-order valence-electron chi connectivity index (χ4n) is 2.11. The molecule has 1 atom stereocenters. The minimum Gasteiger partial charge on any atom is -0.394 e. The quantitative estimate of drug-likeness (QED) is 0.840. The van der Waals surface area contributed by atoms with Crippen molar-refractivity contribution < 1.29 is 9.50 Å². The number of piperazine rings is 1. The fourth-order valence-corrected chi connectivity index (χ4v) is 2.11. The lowest BCUT2D eigenvalue weighted by atomic mass is 10.1. The van der Waals surface area contributed by atoms with Crippen molar-refractivity contribution in [3.05, 3.63) is 41.7 Å². The van der Waals surface area contributed by atoms with Crippen molar-refractivity contribution in [2.24, 2.45) is 0 Å². The highest BCUT2D eigenvalue weighted by molar-refractivity contribution is 5.49. The number of aliphatic hydroxyl groups is 1. The molecule has 1 aromatic rings. The van der Waals surface area contributed by atoms with E-state index in [0.717, 1.165) is 31.7 Å². The first kappa shape index (κ1) is 13.2. The van der Waals surface area contributed by atoms with E-state index < -0.39 is 0 Å². The number of benzene rings is 1. The van der Waals surface area contributed by atoms with E-state index in [-0.39, 0.29) is 18.5 Å². The van der Waals surface area contributed by atoms with E-state index in [2.05, 4.69) is 10.2 Å². The summed E-state index contributed by atoms with van der Waals surface area (Å²) in [5.74, 6) is -0.229. The van der Waals surface area contributed by atoms with Gasteiger partial charge in [-0.15, -0.1) is 0 Å². The number of hydrogen-bond acceptors (Lipinski definition) is 3. The van der Waals surface area contributed by atoms with Crippen molar-refractivity contribution in [2.75, 3.05) is 32.8 Å². The Hall–Kier alpha value is -1.23. The molecule has 18 heavy (non-hydrogen) atoms. The minimum absolute atomic E-state index is 0.0390. The van der Waals surface area contributed by atoms with Gasteiger partial charge < -0.3 is 10.4 Å². The first-order valence-electron chi connectivity index (χ1n) is 6.29. The second kappa shape index (κ2) is 6.64. The number of nitrogens with one attached hydrogen (secondary N) is 1. The Bertz CT molecular complexity index is 385. The lowest BCUT2D eigenvalue weighted by Crippen LogP contribution is -2.48. The van der Waals surface area contributed by atoms with Gasteiger partial charge in [0.05, 0.1) is 12.6 Å². The molecular weight excluding hydrogens is 231 g/mol. The minimum atomic E-state index is -0.229. The van der Waals surface area contributed by atoms with E-state index >= 15 is 0 Å². The Labute approximate surface area is 107 Å². The van der Waals surface area contributed by atoms with Gasteiger partial charge in [0.2, 0.25) is 0 Å². The van der Waals surface area contributed by atoms with Gasteiger partial charge in [-0.25, -0.2) is 4.39 Å². The number of hydrogen-bond donors (Lipinski definition) is 2. The molecule has 3 nitrogen and oxygen atoms in total. The standard InChI is InChI=1S/C14H19FN2O/c15-13-4-1-12(2-5-13)3-6-14(11-18)17-9-7-16-8-10-17/h1-6,14,16,18H,7-11H2/b6-3+/t14-/m0/s1. The highest BCUT2D eigenvalue weighted by Gasteiger charge is 2.16. The van der Waals surface area contributed by atoms with Gasteiger partial charge in [-0.3, -0.25) is 4.90 Å². The van der Waals surface area contributed by atoms with Crippen LogP contribution in [0.2, 0.25) is 0 Å². The topological polar surface area (TPSA) is 35.5 Å². The molecule has 2 N–H and O–H groups in total. The molecule has 0 saturated carbocycles. The van der Waals surface area contributed by atoms with Crippen LogP contribution in [0.4, 0.5) is 4.39 Å². The maximum absolute atomic E-state index is 12.8. The molecule has 0 radical (unpaired) electrons. The van der Waals surface area contributed by atoms with Crippen molar-refractivity contribution >= 4 is 6.08 Å². The van der Waals surface area contributed by atoms with E-state index in [0.29, 0.717) is 0 Å². The molecule has 1 heterocycles. The van der Waals surface area contributed by atoms with Gasteiger partial charge in [0.25, 0.3) is 0 Å². The molecule has 1 fully saturated rings. The van der Waals surface area contributed by atoms with E-state index in [1.54, 1.807) is 12.1 Å². The summed E-state index contributed by atoms with van der Waals surface area (Å²) in [7, 11) is 0. The third-order valence-corrected chi connectivity index (χ3v) is 3.19. The Morgan fingerprint density at radius 1 is 1.28 bits per heavy atom. The average molecular weight is 250 g/mol. The van der Waals surface area contributed by atoms with Crippen LogP contribution in [0.25, 0.3) is 6.08 Å². The molecule has 2 rings (SSSR count). The van der Waals surface area contributed by atoms with Crippen LogP contribution >= 0.6 is 0 Å². The van der Waals surface area contributed by atoms with Gasteiger partial charge in [-0.05, 0) is 17.7 Å². The molecule has 0 spiro atoms. The van der Waals surface area contributed by atoms with Crippen molar-refractivity contribution in [2.45, 2.75) is 6.04 Å². The van der Waals surface area contributed by atoms with Crippen LogP contribution in [-0.2, 0) is 0 Å². The number of nitrogens with zero attached hydrogens (tertiary/aromatic N) is 1. The van der Waals surface area contributed by atoms with Gasteiger partial charge in [0.15, 0.2) is 0 Å². The predicted molar refractivity (Wildman–Crippen MR) is 70.8 cm³/mol. The van der Waals surface area contributed by atoms with Crippen LogP contribution in [0.3, 0.4) is 0 Å². The molecule has 1 saturated heterocycles. The normalized spacial score (nSPS) is 19.2. The first-order valence-corrected chi connectivity index (χ1v) is 6.29. The highest BCUT2D eigenvalue weighted by atomic mass is 19.1. The molecule has 0 amide bonds. The molecule has 0 aliphatic carbocycles. The van der Waals surface area contributed by atoms with Crippen LogP contribution in [0.15, 0.2) is 30.3 Å². The summed E-state index contributed by atoms with van der Waals surface area (Å²) < 4.78 is 12.8. The summed E-state index contributed by atoms with van der Waals surface area (Å²) >= 11 is 0. The first-order chi connectivity index (χ1) is 8.79. The monoisotopic (exact) mass is 250 g/mol. The summed E-state index contributed by atoms with van der Waals surface area (Å²) in [6.07, 6.45) is 3.92. The summed E-state index contributed by atoms with van der Waals surface area (Å²) in [5, 5.41) is 12.7. The summed E-state index contributed by atoms with van der Waals surface area (Å²) in [5.41, 5.74) is 0.949. The molecule has 1 aliphatic rings. The Morgan fingerprint density at radius 3 is 2.56 bits per heavy atom. The lowest BCUT2D eigenvalue weighted by Gasteiger charge is -2.32. The summed E-state index contributed by atoms with van der Waals surface area (Å²) in [4.78, 5) is 2.25. The Morgan fingerprint density at radius 2 is 1.94 bits per heavy atom. The predicted octanol–water partition coefficient (Wildman–Crippen LogP) is 1.10. The SMILES string of the molecule is OC[C@H](/C=C/c1ccc(F)cc1)N1CCNCC1. The van der Waals surface area contributed by atoms with Crippen LogP contribution in [0.1, 0.15) is 5.56 Å². The molecule has 4 heteroatoms. The zero-order valence-corrected chi connectivity index (χ0v) is 10.3. The van der Waals surface area contributed by atoms with E-state index in [9.17, 15) is 9.50 Å². The molecule has 0 aromatic heterocycles. The van der Waals surface area contributed by atoms with E-state index in [1.165, 1.54) is 12.1 Å². The highest BCUT2D eigenvalue weighted by Crippen LogP contribution is 2.08. The second-order valence-electron chi connectivity index (χ2n) is 4.45. The van der Waals surface area contributed by atoms with Crippen molar-refractivity contribution in [1.82, 2.24) is 10.2 Å². The van der Waals surface area contributed by atoms with E-state index in [1.807, 2.05) is 12.2 Å². The van der Waals surface area contributed by atoms with Gasteiger partial charge in [-0.2, -0.15) is 0 Å². The number of rotatable bonds is 4. The van der Waals surface area contributed by atoms with E-state index in [4.69, 9.17) is 0 Å². The fraction of sp³-hybridized carbons (Fsp3) is 0.429. The largest absolute Gasteiger partial charge is 0.394 e. The van der Waals surface area contributed by atoms with Crippen LogP contribution in [0.5, 0.6) is 0 Å². The lowest BCUT2D eigenvalue weighted by molar-refractivity contribution is 0.138. The zero-order valence-electron chi connectivity index (χ0n) is 10.3. The third-order valence-electron chi connectivity index (χ3n) is 3.19. The van der Waals surface area contributed by atoms with Crippen molar-refractivity contribution in [1.29, 1.82) is 0 Å². The van der Waals surface area contributed by atoms with Crippen LogP contribution < -0.4 is 5.32 Å². The maximum atomic E-state index is 12.8. The second-order valence-corrected chi connectivity index (χ2v) is 4.45. The Balaban J connectivity index is 1.98. The zero-order chi connectivity index (χ0) is 12.8. The molecule has 0 bridgehead atoms. The van der Waals surface area contributed by atoms with Crippen LogP contribution in [-0.4, -0.2) is 48.8 Å². The molecule has 0 unspecified atom stereocenters. The molecule has 1 aliphatic heterocycles. The van der Waals surface area contributed by atoms with Gasteiger partial charge in [0, 0.05) is 26.2 Å². The summed E-state index contributed by atoms with van der Waals surface area (Å²) in [6.45, 7) is 3.91. The third kappa shape index (κ3) is 3.63. The van der Waals surface area contributed by atoms with Gasteiger partial charge in [-0.1, -0.05) is 24.3 Å². The van der Waals surface area contributed by atoms with Gasteiger partial charge in [0.1, 0.15) is 5.82 Å².